The molecule has 0 unspecified atom stereocenters. The maximum atomic E-state index is 12.9. The Bertz CT molecular complexity index is 907. The zero-order valence-electron chi connectivity index (χ0n) is 14.9. The lowest BCUT2D eigenvalue weighted by atomic mass is 10.1. The largest absolute Gasteiger partial charge is 0.361 e. The number of aryl methyl sites for hydroxylation is 2. The molecule has 0 radical (unpaired) electrons. The quantitative estimate of drug-likeness (QED) is 0.661. The van der Waals surface area contributed by atoms with E-state index in [0.29, 0.717) is 19.5 Å². The number of rotatable bonds is 6. The molecular weight excluding hydrogens is 308 g/mol. The molecule has 0 bridgehead atoms. The number of aromatic amines is 1. The van der Waals surface area contributed by atoms with E-state index in [0.717, 1.165) is 16.5 Å². The smallest absolute Gasteiger partial charge is 0.227 e. The Morgan fingerprint density at radius 3 is 2.72 bits per heavy atom. The van der Waals surface area contributed by atoms with Crippen molar-refractivity contribution in [2.45, 2.75) is 26.8 Å². The van der Waals surface area contributed by atoms with Crippen molar-refractivity contribution in [2.75, 3.05) is 6.54 Å². The fourth-order valence-electron chi connectivity index (χ4n) is 3.12. The fourth-order valence-corrected chi connectivity index (χ4v) is 3.12. The number of H-pyrrole nitrogens is 1. The highest BCUT2D eigenvalue weighted by atomic mass is 16.2. The molecule has 0 aliphatic heterocycles. The number of hydrogen-bond donors (Lipinski definition) is 1. The number of benzene rings is 2. The van der Waals surface area contributed by atoms with E-state index >= 15 is 0 Å². The van der Waals surface area contributed by atoms with Crippen LogP contribution in [-0.4, -0.2) is 22.3 Å². The van der Waals surface area contributed by atoms with Gasteiger partial charge in [-0.1, -0.05) is 42.0 Å². The molecule has 128 valence electrons. The monoisotopic (exact) mass is 332 g/mol. The minimum Gasteiger partial charge on any atom is -0.361 e. The van der Waals surface area contributed by atoms with Gasteiger partial charge in [-0.15, -0.1) is 6.58 Å². The molecule has 2 aromatic carbocycles. The van der Waals surface area contributed by atoms with Crippen LogP contribution in [0.1, 0.15) is 22.3 Å². The first-order valence-electron chi connectivity index (χ1n) is 8.58. The van der Waals surface area contributed by atoms with Crippen LogP contribution in [0.4, 0.5) is 0 Å². The van der Waals surface area contributed by atoms with Crippen molar-refractivity contribution < 1.29 is 4.79 Å². The molecule has 0 aliphatic carbocycles. The average molecular weight is 332 g/mol. The van der Waals surface area contributed by atoms with E-state index in [4.69, 9.17) is 0 Å². The van der Waals surface area contributed by atoms with Crippen LogP contribution in [0, 0.1) is 13.8 Å². The normalized spacial score (nSPS) is 10.8. The molecule has 1 amide bonds. The van der Waals surface area contributed by atoms with E-state index in [2.05, 4.69) is 55.7 Å². The van der Waals surface area contributed by atoms with Crippen LogP contribution in [-0.2, 0) is 17.8 Å². The second-order valence-electron chi connectivity index (χ2n) is 6.53. The Hall–Kier alpha value is -2.81. The molecule has 0 saturated heterocycles. The van der Waals surface area contributed by atoms with E-state index < -0.39 is 0 Å². The third-order valence-electron chi connectivity index (χ3n) is 4.59. The van der Waals surface area contributed by atoms with Gasteiger partial charge in [0, 0.05) is 30.2 Å². The summed E-state index contributed by atoms with van der Waals surface area (Å²) in [6, 6.07) is 14.5. The van der Waals surface area contributed by atoms with Gasteiger partial charge in [-0.3, -0.25) is 4.79 Å². The topological polar surface area (TPSA) is 36.1 Å². The van der Waals surface area contributed by atoms with Crippen LogP contribution in [0.2, 0.25) is 0 Å². The number of amides is 1. The summed E-state index contributed by atoms with van der Waals surface area (Å²) in [5.74, 6) is 0.116. The van der Waals surface area contributed by atoms with Crippen molar-refractivity contribution in [3.05, 3.63) is 83.6 Å². The van der Waals surface area contributed by atoms with E-state index in [1.807, 2.05) is 23.2 Å². The molecule has 3 heteroatoms. The van der Waals surface area contributed by atoms with Crippen molar-refractivity contribution in [1.29, 1.82) is 0 Å². The Morgan fingerprint density at radius 2 is 1.96 bits per heavy atom. The number of aromatic nitrogens is 1. The van der Waals surface area contributed by atoms with Gasteiger partial charge in [0.2, 0.25) is 5.91 Å². The van der Waals surface area contributed by atoms with Crippen LogP contribution in [0.15, 0.2) is 61.3 Å². The van der Waals surface area contributed by atoms with E-state index in [1.54, 1.807) is 6.08 Å². The van der Waals surface area contributed by atoms with Gasteiger partial charge in [-0.2, -0.15) is 0 Å². The summed E-state index contributed by atoms with van der Waals surface area (Å²) in [6.07, 6.45) is 4.13. The predicted octanol–water partition coefficient (Wildman–Crippen LogP) is 4.54. The lowest BCUT2D eigenvalue weighted by molar-refractivity contribution is -0.130. The molecular formula is C22H24N2O. The van der Waals surface area contributed by atoms with Crippen LogP contribution in [0.25, 0.3) is 10.9 Å². The zero-order valence-corrected chi connectivity index (χ0v) is 14.9. The van der Waals surface area contributed by atoms with E-state index in [1.165, 1.54) is 16.7 Å². The molecule has 0 saturated carbocycles. The summed E-state index contributed by atoms with van der Waals surface area (Å²) in [6.45, 7) is 9.11. The maximum absolute atomic E-state index is 12.9. The Morgan fingerprint density at radius 1 is 1.16 bits per heavy atom. The maximum Gasteiger partial charge on any atom is 0.227 e. The molecule has 25 heavy (non-hydrogen) atoms. The first-order chi connectivity index (χ1) is 12.1. The number of nitrogens with zero attached hydrogens (tertiary/aromatic N) is 1. The SMILES string of the molecule is C=CCN(Cc1ccccc1C)C(=O)Cc1c[nH]c2ccc(C)cc12. The van der Waals surface area contributed by atoms with Crippen molar-refractivity contribution in [3.8, 4) is 0 Å². The third-order valence-corrected chi connectivity index (χ3v) is 4.59. The van der Waals surface area contributed by atoms with Gasteiger partial charge in [0.15, 0.2) is 0 Å². The molecule has 1 aromatic heterocycles. The average Bonchev–Trinajstić information content (AvgIpc) is 2.98. The summed E-state index contributed by atoms with van der Waals surface area (Å²) in [5.41, 5.74) is 5.69. The van der Waals surface area contributed by atoms with Crippen molar-refractivity contribution in [1.82, 2.24) is 9.88 Å². The van der Waals surface area contributed by atoms with Crippen LogP contribution in [0.3, 0.4) is 0 Å². The lowest BCUT2D eigenvalue weighted by Gasteiger charge is -2.22. The van der Waals surface area contributed by atoms with Crippen molar-refractivity contribution in [2.24, 2.45) is 0 Å². The minimum atomic E-state index is 0.116. The first-order valence-corrected chi connectivity index (χ1v) is 8.58. The van der Waals surface area contributed by atoms with Crippen molar-refractivity contribution in [3.63, 3.8) is 0 Å². The summed E-state index contributed by atoms with van der Waals surface area (Å²) < 4.78 is 0. The predicted molar refractivity (Wildman–Crippen MR) is 104 cm³/mol. The molecule has 3 nitrogen and oxygen atoms in total. The summed E-state index contributed by atoms with van der Waals surface area (Å²) in [7, 11) is 0. The van der Waals surface area contributed by atoms with Crippen LogP contribution < -0.4 is 0 Å². The number of hydrogen-bond acceptors (Lipinski definition) is 1. The van der Waals surface area contributed by atoms with Gasteiger partial charge in [-0.25, -0.2) is 0 Å². The highest BCUT2D eigenvalue weighted by molar-refractivity contribution is 5.89. The van der Waals surface area contributed by atoms with Gasteiger partial charge in [-0.05, 0) is 42.7 Å². The number of nitrogens with one attached hydrogen (secondary N) is 1. The van der Waals surface area contributed by atoms with Crippen LogP contribution in [0.5, 0.6) is 0 Å². The van der Waals surface area contributed by atoms with Gasteiger partial charge >= 0.3 is 0 Å². The van der Waals surface area contributed by atoms with Gasteiger partial charge in [0.25, 0.3) is 0 Å². The summed E-state index contributed by atoms with van der Waals surface area (Å²) >= 11 is 0. The molecule has 0 fully saturated rings. The minimum absolute atomic E-state index is 0.116. The number of fused-ring (bicyclic) bond motifs is 1. The van der Waals surface area contributed by atoms with Gasteiger partial charge in [0.05, 0.1) is 6.42 Å². The summed E-state index contributed by atoms with van der Waals surface area (Å²) in [5, 5.41) is 1.13. The zero-order chi connectivity index (χ0) is 17.8. The molecule has 0 aliphatic rings. The second kappa shape index (κ2) is 7.39. The standard InChI is InChI=1S/C22H24N2O/c1-4-11-24(15-18-8-6-5-7-17(18)3)22(25)13-19-14-23-21-10-9-16(2)12-20(19)21/h4-10,12,14,23H,1,11,13,15H2,2-3H3. The number of carbonyl (C=O) groups excluding carboxylic acids is 1. The molecule has 0 atom stereocenters. The molecule has 3 rings (SSSR count). The van der Waals surface area contributed by atoms with E-state index in [-0.39, 0.29) is 5.91 Å². The Kier molecular flexibility index (Phi) is 5.03. The number of carbonyl (C=O) groups is 1. The third kappa shape index (κ3) is 3.82. The van der Waals surface area contributed by atoms with Crippen molar-refractivity contribution >= 4 is 16.8 Å². The van der Waals surface area contributed by atoms with Crippen LogP contribution >= 0.6 is 0 Å². The lowest BCUT2D eigenvalue weighted by Crippen LogP contribution is -2.32. The first kappa shape index (κ1) is 17.0. The Balaban J connectivity index is 1.81. The van der Waals surface area contributed by atoms with E-state index in [9.17, 15) is 4.79 Å². The highest BCUT2D eigenvalue weighted by Crippen LogP contribution is 2.21. The second-order valence-corrected chi connectivity index (χ2v) is 6.53. The molecule has 1 heterocycles. The molecule has 1 N–H and O–H groups in total. The molecule has 3 aromatic rings. The Labute approximate surface area is 149 Å². The highest BCUT2D eigenvalue weighted by Gasteiger charge is 2.16. The fraction of sp³-hybridized carbons (Fsp3) is 0.227. The summed E-state index contributed by atoms with van der Waals surface area (Å²) in [4.78, 5) is 18.0. The van der Waals surface area contributed by atoms with Gasteiger partial charge in [0.1, 0.15) is 0 Å². The molecule has 0 spiro atoms. The van der Waals surface area contributed by atoms with Gasteiger partial charge < -0.3 is 9.88 Å².